The number of likely N-dealkylation sites (N-methyl/N-ethyl adjacent to an activating group) is 1. The number of hydrogen-bond donors (Lipinski definition) is 2. The van der Waals surface area contributed by atoms with Crippen molar-refractivity contribution < 1.29 is 18.0 Å². The lowest BCUT2D eigenvalue weighted by atomic mass is 10.1. The Kier molecular flexibility index (Phi) is 8.56. The Hall–Kier alpha value is -3.49. The summed E-state index contributed by atoms with van der Waals surface area (Å²) in [7, 11) is -3.82. The van der Waals surface area contributed by atoms with Crippen LogP contribution < -0.4 is 10.0 Å². The van der Waals surface area contributed by atoms with Crippen molar-refractivity contribution in [2.45, 2.75) is 31.8 Å². The van der Waals surface area contributed by atoms with Crippen LogP contribution >= 0.6 is 0 Å². The molecule has 0 saturated carbocycles. The predicted octanol–water partition coefficient (Wildman–Crippen LogP) is 3.25. The first kappa shape index (κ1) is 25.1. The smallest absolute Gasteiger partial charge is 0.252 e. The molecule has 0 bridgehead atoms. The molecule has 0 radical (unpaired) electrons. The van der Waals surface area contributed by atoms with Gasteiger partial charge >= 0.3 is 0 Å². The predicted molar refractivity (Wildman–Crippen MR) is 132 cm³/mol. The van der Waals surface area contributed by atoms with Crippen LogP contribution in [0.4, 0.5) is 0 Å². The van der Waals surface area contributed by atoms with E-state index in [4.69, 9.17) is 0 Å². The SMILES string of the molecule is CCN(Cc1ccccc1)C(=O)CNC(=O)c1cc(S(=O)(=O)NCc2ccccc2)ccc1C. The van der Waals surface area contributed by atoms with Gasteiger partial charge in [-0.3, -0.25) is 9.59 Å². The van der Waals surface area contributed by atoms with E-state index in [1.54, 1.807) is 17.9 Å². The fourth-order valence-electron chi connectivity index (χ4n) is 3.41. The third-order valence-corrected chi connectivity index (χ3v) is 6.82. The van der Waals surface area contributed by atoms with Crippen LogP contribution in [0.15, 0.2) is 83.8 Å². The molecule has 0 atom stereocenters. The van der Waals surface area contributed by atoms with E-state index in [9.17, 15) is 18.0 Å². The summed E-state index contributed by atoms with van der Waals surface area (Å²) in [6.07, 6.45) is 0. The molecule has 0 fully saturated rings. The molecule has 34 heavy (non-hydrogen) atoms. The summed E-state index contributed by atoms with van der Waals surface area (Å²) in [4.78, 5) is 27.1. The summed E-state index contributed by atoms with van der Waals surface area (Å²) >= 11 is 0. The van der Waals surface area contributed by atoms with E-state index in [1.165, 1.54) is 12.1 Å². The molecule has 2 amide bonds. The quantitative estimate of drug-likeness (QED) is 0.467. The molecule has 0 saturated heterocycles. The molecule has 178 valence electrons. The molecular weight excluding hydrogens is 450 g/mol. The van der Waals surface area contributed by atoms with Gasteiger partial charge in [0.25, 0.3) is 5.91 Å². The zero-order valence-corrected chi connectivity index (χ0v) is 20.1. The van der Waals surface area contributed by atoms with Crippen LogP contribution in [0.1, 0.15) is 34.0 Å². The molecule has 3 aromatic carbocycles. The fraction of sp³-hybridized carbons (Fsp3) is 0.231. The van der Waals surface area contributed by atoms with E-state index < -0.39 is 15.9 Å². The Morgan fingerprint density at radius 3 is 2.12 bits per heavy atom. The number of nitrogens with zero attached hydrogens (tertiary/aromatic N) is 1. The average Bonchev–Trinajstić information content (AvgIpc) is 2.86. The second kappa shape index (κ2) is 11.6. The topological polar surface area (TPSA) is 95.6 Å². The maximum atomic E-state index is 12.8. The summed E-state index contributed by atoms with van der Waals surface area (Å²) in [5.41, 5.74) is 2.65. The van der Waals surface area contributed by atoms with Gasteiger partial charge in [-0.25, -0.2) is 13.1 Å². The van der Waals surface area contributed by atoms with Crippen LogP contribution in [0.25, 0.3) is 0 Å². The third-order valence-electron chi connectivity index (χ3n) is 5.42. The molecule has 2 N–H and O–H groups in total. The lowest BCUT2D eigenvalue weighted by molar-refractivity contribution is -0.130. The minimum Gasteiger partial charge on any atom is -0.343 e. The van der Waals surface area contributed by atoms with Crippen LogP contribution in [0.5, 0.6) is 0 Å². The second-order valence-corrected chi connectivity index (χ2v) is 9.63. The number of hydrogen-bond acceptors (Lipinski definition) is 4. The fourth-order valence-corrected chi connectivity index (χ4v) is 4.46. The van der Waals surface area contributed by atoms with Crippen LogP contribution in [-0.2, 0) is 27.9 Å². The Morgan fingerprint density at radius 1 is 0.882 bits per heavy atom. The number of aryl methyl sites for hydroxylation is 1. The molecule has 8 heteroatoms. The molecule has 3 rings (SSSR count). The molecule has 0 unspecified atom stereocenters. The van der Waals surface area contributed by atoms with Crippen molar-refractivity contribution >= 4 is 21.8 Å². The summed E-state index contributed by atoms with van der Waals surface area (Å²) in [5.74, 6) is -0.715. The van der Waals surface area contributed by atoms with Gasteiger partial charge in [-0.2, -0.15) is 0 Å². The Morgan fingerprint density at radius 2 is 1.50 bits per heavy atom. The van der Waals surface area contributed by atoms with Crippen molar-refractivity contribution in [3.8, 4) is 0 Å². The number of amides is 2. The maximum Gasteiger partial charge on any atom is 0.252 e. The van der Waals surface area contributed by atoms with Crippen LogP contribution in [0.3, 0.4) is 0 Å². The van der Waals surface area contributed by atoms with Gasteiger partial charge in [-0.05, 0) is 42.7 Å². The van der Waals surface area contributed by atoms with E-state index in [-0.39, 0.29) is 29.5 Å². The summed E-state index contributed by atoms with van der Waals surface area (Å²) in [5, 5.41) is 2.63. The van der Waals surface area contributed by atoms with Gasteiger partial charge in [-0.15, -0.1) is 0 Å². The van der Waals surface area contributed by atoms with Gasteiger partial charge in [0, 0.05) is 25.2 Å². The number of sulfonamides is 1. The molecular formula is C26H29N3O4S. The highest BCUT2D eigenvalue weighted by Crippen LogP contribution is 2.16. The van der Waals surface area contributed by atoms with Gasteiger partial charge < -0.3 is 10.2 Å². The van der Waals surface area contributed by atoms with Crippen molar-refractivity contribution in [1.82, 2.24) is 14.9 Å². The molecule has 3 aromatic rings. The summed E-state index contributed by atoms with van der Waals surface area (Å²) in [6, 6.07) is 23.2. The lowest BCUT2D eigenvalue weighted by Crippen LogP contribution is -2.40. The molecule has 0 heterocycles. The largest absolute Gasteiger partial charge is 0.343 e. The second-order valence-electron chi connectivity index (χ2n) is 7.86. The van der Waals surface area contributed by atoms with E-state index in [0.29, 0.717) is 18.7 Å². The van der Waals surface area contributed by atoms with Crippen LogP contribution in [-0.4, -0.2) is 38.2 Å². The summed E-state index contributed by atoms with van der Waals surface area (Å²) < 4.78 is 28.1. The van der Waals surface area contributed by atoms with Crippen molar-refractivity contribution in [2.75, 3.05) is 13.1 Å². The first-order valence-corrected chi connectivity index (χ1v) is 12.5. The normalized spacial score (nSPS) is 11.1. The first-order chi connectivity index (χ1) is 16.3. The van der Waals surface area contributed by atoms with Crippen LogP contribution in [0.2, 0.25) is 0 Å². The molecule has 0 aromatic heterocycles. The van der Waals surface area contributed by atoms with Gasteiger partial charge in [0.05, 0.1) is 11.4 Å². The van der Waals surface area contributed by atoms with E-state index in [1.807, 2.05) is 67.6 Å². The van der Waals surface area contributed by atoms with E-state index in [2.05, 4.69) is 10.0 Å². The van der Waals surface area contributed by atoms with Crippen molar-refractivity contribution in [1.29, 1.82) is 0 Å². The minimum atomic E-state index is -3.82. The van der Waals surface area contributed by atoms with E-state index in [0.717, 1.165) is 11.1 Å². The Bertz CT molecular complexity index is 1230. The highest BCUT2D eigenvalue weighted by Gasteiger charge is 2.19. The third kappa shape index (κ3) is 6.76. The number of benzene rings is 3. The molecule has 0 aliphatic rings. The Balaban J connectivity index is 1.65. The van der Waals surface area contributed by atoms with Crippen molar-refractivity contribution in [3.63, 3.8) is 0 Å². The average molecular weight is 480 g/mol. The first-order valence-electron chi connectivity index (χ1n) is 11.0. The highest BCUT2D eigenvalue weighted by molar-refractivity contribution is 7.89. The lowest BCUT2D eigenvalue weighted by Gasteiger charge is -2.21. The zero-order valence-electron chi connectivity index (χ0n) is 19.3. The van der Waals surface area contributed by atoms with Gasteiger partial charge in [0.15, 0.2) is 0 Å². The van der Waals surface area contributed by atoms with E-state index >= 15 is 0 Å². The Labute approximate surface area is 200 Å². The van der Waals surface area contributed by atoms with Crippen molar-refractivity contribution in [3.05, 3.63) is 101 Å². The van der Waals surface area contributed by atoms with Gasteiger partial charge in [0.2, 0.25) is 15.9 Å². The zero-order chi connectivity index (χ0) is 24.6. The van der Waals surface area contributed by atoms with Gasteiger partial charge in [-0.1, -0.05) is 66.7 Å². The number of rotatable bonds is 10. The number of nitrogens with one attached hydrogen (secondary N) is 2. The standard InChI is InChI=1S/C26H29N3O4S/c1-3-29(19-22-12-8-5-9-13-22)25(30)18-27-26(31)24-16-23(15-14-20(24)2)34(32,33)28-17-21-10-6-4-7-11-21/h4-16,28H,3,17-19H2,1-2H3,(H,27,31). The number of carbonyl (C=O) groups is 2. The summed E-state index contributed by atoms with van der Waals surface area (Å²) in [6.45, 7) is 4.51. The molecule has 7 nitrogen and oxygen atoms in total. The monoisotopic (exact) mass is 479 g/mol. The van der Waals surface area contributed by atoms with Crippen molar-refractivity contribution in [2.24, 2.45) is 0 Å². The molecule has 0 aliphatic heterocycles. The highest BCUT2D eigenvalue weighted by atomic mass is 32.2. The maximum absolute atomic E-state index is 12.8. The molecule has 0 spiro atoms. The minimum absolute atomic E-state index is 0.00947. The van der Waals surface area contributed by atoms with Gasteiger partial charge in [0.1, 0.15) is 0 Å². The molecule has 0 aliphatic carbocycles. The number of carbonyl (C=O) groups excluding carboxylic acids is 2. The van der Waals surface area contributed by atoms with Crippen LogP contribution in [0, 0.1) is 6.92 Å².